The quantitative estimate of drug-likeness (QED) is 0.634. The second-order valence-electron chi connectivity index (χ2n) is 10.3. The number of carbonyl (C=O) groups excluding carboxylic acids is 1. The van der Waals surface area contributed by atoms with Gasteiger partial charge in [-0.3, -0.25) is 9.69 Å². The summed E-state index contributed by atoms with van der Waals surface area (Å²) in [5, 5.41) is 4.10. The molecule has 3 saturated heterocycles. The van der Waals surface area contributed by atoms with Crippen LogP contribution in [0, 0.1) is 11.8 Å². The first-order valence-electron chi connectivity index (χ1n) is 12.9. The molecule has 0 saturated carbocycles. The van der Waals surface area contributed by atoms with E-state index < -0.39 is 0 Å². The molecule has 4 atom stereocenters. The Morgan fingerprint density at radius 1 is 1.12 bits per heavy atom. The van der Waals surface area contributed by atoms with Crippen LogP contribution in [0.3, 0.4) is 0 Å². The van der Waals surface area contributed by atoms with E-state index in [9.17, 15) is 4.79 Å². The molecule has 4 heterocycles. The summed E-state index contributed by atoms with van der Waals surface area (Å²) in [6.07, 6.45) is 12.2. The van der Waals surface area contributed by atoms with Crippen LogP contribution in [-0.2, 0) is 11.2 Å². The van der Waals surface area contributed by atoms with Crippen LogP contribution in [0.5, 0.6) is 0 Å². The largest absolute Gasteiger partial charge is 0.339 e. The van der Waals surface area contributed by atoms with Crippen LogP contribution in [-0.4, -0.2) is 57.6 Å². The molecule has 174 valence electrons. The van der Waals surface area contributed by atoms with Gasteiger partial charge in [-0.1, -0.05) is 53.6 Å². The third-order valence-corrected chi connectivity index (χ3v) is 8.26. The number of likely N-dealkylation sites (tertiary alicyclic amines) is 1. The number of amides is 1. The molecule has 2 bridgehead atoms. The first kappa shape index (κ1) is 21.1. The highest BCUT2D eigenvalue weighted by Gasteiger charge is 2.46. The molecule has 6 heteroatoms. The highest BCUT2D eigenvalue weighted by atomic mass is 16.5. The Balaban J connectivity index is 1.09. The first-order chi connectivity index (χ1) is 16.3. The predicted molar refractivity (Wildman–Crippen MR) is 126 cm³/mol. The minimum absolute atomic E-state index is 0.299. The Hall–Kier alpha value is -2.47. The smallest absolute Gasteiger partial charge is 0.226 e. The van der Waals surface area contributed by atoms with Gasteiger partial charge in [0.25, 0.3) is 0 Å². The van der Waals surface area contributed by atoms with Crippen molar-refractivity contribution in [1.29, 1.82) is 0 Å². The maximum Gasteiger partial charge on any atom is 0.226 e. The van der Waals surface area contributed by atoms with E-state index in [4.69, 9.17) is 4.52 Å². The molecule has 1 amide bonds. The van der Waals surface area contributed by atoms with Gasteiger partial charge in [-0.05, 0) is 56.9 Å². The lowest BCUT2D eigenvalue weighted by Crippen LogP contribution is -2.60. The van der Waals surface area contributed by atoms with Crippen LogP contribution in [0.2, 0.25) is 0 Å². The highest BCUT2D eigenvalue weighted by Crippen LogP contribution is 2.45. The summed E-state index contributed by atoms with van der Waals surface area (Å²) < 4.78 is 5.44. The molecule has 6 rings (SSSR count). The van der Waals surface area contributed by atoms with Crippen LogP contribution in [0.1, 0.15) is 57.3 Å². The standard InChI is InChI=1S/C27H34N4O2/c32-25(13-6-12-24-28-27(29-33-24)19-8-2-1-3-9-19)31-15-7-10-20-16-21-17-22(26(20)31)18-30-14-5-4-11-23(21)30/h1-3,8-9,16,21-23,26H,4-7,10-15,17-18H2/t21-,22?,23?,26?/m0/s1. The maximum atomic E-state index is 13.3. The normalized spacial score (nSPS) is 29.2. The monoisotopic (exact) mass is 446 g/mol. The Kier molecular flexibility index (Phi) is 5.78. The molecule has 0 spiro atoms. The molecule has 3 aliphatic heterocycles. The molecule has 3 unspecified atom stereocenters. The summed E-state index contributed by atoms with van der Waals surface area (Å²) in [6.45, 7) is 3.33. The van der Waals surface area contributed by atoms with Crippen LogP contribution < -0.4 is 0 Å². The van der Waals surface area contributed by atoms with Gasteiger partial charge in [-0.15, -0.1) is 0 Å². The van der Waals surface area contributed by atoms with Crippen LogP contribution >= 0.6 is 0 Å². The lowest BCUT2D eigenvalue weighted by molar-refractivity contribution is -0.136. The molecular weight excluding hydrogens is 412 g/mol. The Morgan fingerprint density at radius 3 is 2.94 bits per heavy atom. The van der Waals surface area contributed by atoms with Gasteiger partial charge in [0.2, 0.25) is 17.6 Å². The molecular formula is C27H34N4O2. The third kappa shape index (κ3) is 4.14. The van der Waals surface area contributed by atoms with Gasteiger partial charge >= 0.3 is 0 Å². The molecule has 6 nitrogen and oxygen atoms in total. The van der Waals surface area contributed by atoms with Crippen molar-refractivity contribution < 1.29 is 9.32 Å². The zero-order valence-corrected chi connectivity index (χ0v) is 19.4. The van der Waals surface area contributed by atoms with Gasteiger partial charge in [-0.25, -0.2) is 0 Å². The van der Waals surface area contributed by atoms with Gasteiger partial charge in [0.1, 0.15) is 0 Å². The van der Waals surface area contributed by atoms with E-state index in [1.165, 1.54) is 45.2 Å². The van der Waals surface area contributed by atoms with Crippen LogP contribution in [0.15, 0.2) is 46.5 Å². The van der Waals surface area contributed by atoms with Crippen molar-refractivity contribution in [2.75, 3.05) is 19.6 Å². The predicted octanol–water partition coefficient (Wildman–Crippen LogP) is 4.48. The number of nitrogens with zero attached hydrogens (tertiary/aromatic N) is 4. The van der Waals surface area contributed by atoms with Crippen molar-refractivity contribution in [3.05, 3.63) is 47.9 Å². The number of benzene rings is 1. The fourth-order valence-corrected chi connectivity index (χ4v) is 6.85. The Bertz CT molecular complexity index is 1020. The van der Waals surface area contributed by atoms with E-state index in [2.05, 4.69) is 26.0 Å². The van der Waals surface area contributed by atoms with Gasteiger partial charge in [-0.2, -0.15) is 4.98 Å². The zero-order chi connectivity index (χ0) is 22.2. The highest BCUT2D eigenvalue weighted by molar-refractivity contribution is 5.77. The summed E-state index contributed by atoms with van der Waals surface area (Å²) >= 11 is 0. The lowest BCUT2D eigenvalue weighted by Gasteiger charge is -2.54. The molecule has 33 heavy (non-hydrogen) atoms. The number of hydrogen-bond acceptors (Lipinski definition) is 5. The van der Waals surface area contributed by atoms with Crippen molar-refractivity contribution in [2.45, 2.75) is 69.9 Å². The van der Waals surface area contributed by atoms with E-state index in [1.54, 1.807) is 5.57 Å². The topological polar surface area (TPSA) is 62.5 Å². The van der Waals surface area contributed by atoms with Gasteiger partial charge in [0, 0.05) is 37.5 Å². The van der Waals surface area contributed by atoms with Gasteiger partial charge in [0.05, 0.1) is 6.04 Å². The summed E-state index contributed by atoms with van der Waals surface area (Å²) in [5.74, 6) is 2.85. The third-order valence-electron chi connectivity index (χ3n) is 8.26. The SMILES string of the molecule is O=C(CCCc1nc(-c2ccccc2)no1)N1CCCC2=C[C@H]3CC(CN4CCCCC34)C21. The number of aromatic nitrogens is 2. The Labute approximate surface area is 196 Å². The van der Waals surface area contributed by atoms with Crippen LogP contribution in [0.25, 0.3) is 11.4 Å². The van der Waals surface area contributed by atoms with Gasteiger partial charge in [0.15, 0.2) is 0 Å². The molecule has 1 aromatic heterocycles. The van der Waals surface area contributed by atoms with Crippen molar-refractivity contribution in [3.63, 3.8) is 0 Å². The van der Waals surface area contributed by atoms with E-state index in [1.807, 2.05) is 30.3 Å². The molecule has 2 aromatic rings. The second-order valence-corrected chi connectivity index (χ2v) is 10.3. The van der Waals surface area contributed by atoms with Crippen molar-refractivity contribution >= 4 is 5.91 Å². The van der Waals surface area contributed by atoms with E-state index in [-0.39, 0.29) is 0 Å². The fraction of sp³-hybridized carbons (Fsp3) is 0.593. The summed E-state index contributed by atoms with van der Waals surface area (Å²) in [5.41, 5.74) is 2.51. The van der Waals surface area contributed by atoms with E-state index >= 15 is 0 Å². The number of rotatable bonds is 5. The molecule has 4 aliphatic rings. The molecule has 0 N–H and O–H groups in total. The second kappa shape index (κ2) is 9.05. The summed E-state index contributed by atoms with van der Waals surface area (Å²) in [7, 11) is 0. The number of fused-ring (bicyclic) bond motifs is 6. The molecule has 3 fully saturated rings. The number of hydrogen-bond donors (Lipinski definition) is 0. The first-order valence-corrected chi connectivity index (χ1v) is 12.9. The van der Waals surface area contributed by atoms with Crippen molar-refractivity contribution in [2.24, 2.45) is 11.8 Å². The number of carbonyl (C=O) groups is 1. The molecule has 1 aromatic carbocycles. The fourth-order valence-electron chi connectivity index (χ4n) is 6.85. The summed E-state index contributed by atoms with van der Waals surface area (Å²) in [4.78, 5) is 22.8. The minimum atomic E-state index is 0.299. The Morgan fingerprint density at radius 2 is 2.03 bits per heavy atom. The minimum Gasteiger partial charge on any atom is -0.339 e. The lowest BCUT2D eigenvalue weighted by atomic mass is 9.68. The molecule has 1 aliphatic carbocycles. The van der Waals surface area contributed by atoms with E-state index in [0.29, 0.717) is 48.3 Å². The summed E-state index contributed by atoms with van der Waals surface area (Å²) in [6, 6.07) is 11.0. The average Bonchev–Trinajstić information content (AvgIpc) is 3.33. The van der Waals surface area contributed by atoms with Crippen molar-refractivity contribution in [1.82, 2.24) is 19.9 Å². The van der Waals surface area contributed by atoms with Crippen molar-refractivity contribution in [3.8, 4) is 11.4 Å². The zero-order valence-electron chi connectivity index (χ0n) is 19.4. The van der Waals surface area contributed by atoms with E-state index in [0.717, 1.165) is 31.0 Å². The number of piperidine rings is 3. The van der Waals surface area contributed by atoms with Crippen LogP contribution in [0.4, 0.5) is 0 Å². The maximum absolute atomic E-state index is 13.3. The molecule has 0 radical (unpaired) electrons. The average molecular weight is 447 g/mol. The van der Waals surface area contributed by atoms with Gasteiger partial charge < -0.3 is 9.42 Å². The number of aryl methyl sites for hydroxylation is 1.